The van der Waals surface area contributed by atoms with Gasteiger partial charge in [-0.05, 0) is 12.1 Å². The molecule has 0 spiro atoms. The van der Waals surface area contributed by atoms with Gasteiger partial charge in [0.2, 0.25) is 0 Å². The topological polar surface area (TPSA) is 54.0 Å². The first-order valence-electron chi connectivity index (χ1n) is 6.02. The van der Waals surface area contributed by atoms with E-state index in [1.807, 2.05) is 41.1 Å². The fourth-order valence-corrected chi connectivity index (χ4v) is 4.23. The third-order valence-electron chi connectivity index (χ3n) is 3.08. The van der Waals surface area contributed by atoms with Crippen LogP contribution in [0.4, 0.5) is 0 Å². The summed E-state index contributed by atoms with van der Waals surface area (Å²) in [5.41, 5.74) is 0.953. The van der Waals surface area contributed by atoms with Crippen LogP contribution in [0, 0.1) is 11.3 Å². The molecule has 0 aliphatic carbocycles. The largest absolute Gasteiger partial charge is 0.297 e. The lowest BCUT2D eigenvalue weighted by Gasteiger charge is -2.00. The number of hydrogen-bond donors (Lipinski definition) is 0. The minimum atomic E-state index is -0.320. The number of nitrogens with zero attached hydrogens (tertiary/aromatic N) is 4. The van der Waals surface area contributed by atoms with Gasteiger partial charge in [0.1, 0.15) is 10.9 Å². The Balaban J connectivity index is 1.85. The Labute approximate surface area is 122 Å². The molecule has 1 aromatic carbocycles. The highest BCUT2D eigenvalue weighted by Crippen LogP contribution is 2.34. The predicted octanol–water partition coefficient (Wildman–Crippen LogP) is 3.66. The zero-order chi connectivity index (χ0) is 13.5. The molecule has 3 aromatic heterocycles. The van der Waals surface area contributed by atoms with E-state index in [9.17, 15) is 5.26 Å². The van der Waals surface area contributed by atoms with Crippen LogP contribution in [0.25, 0.3) is 15.2 Å². The molecular weight excluding hydrogens is 288 g/mol. The van der Waals surface area contributed by atoms with Crippen LogP contribution in [0.2, 0.25) is 0 Å². The Morgan fingerprint density at radius 3 is 2.95 bits per heavy atom. The van der Waals surface area contributed by atoms with Crippen LogP contribution in [-0.4, -0.2) is 14.4 Å². The third-order valence-corrected chi connectivity index (χ3v) is 5.26. The van der Waals surface area contributed by atoms with Crippen molar-refractivity contribution in [2.45, 2.75) is 5.92 Å². The Kier molecular flexibility index (Phi) is 2.55. The van der Waals surface area contributed by atoms with E-state index < -0.39 is 0 Å². The standard InChI is InChI=1S/C14H8N4S2/c15-7-9(12-8-18-6-5-16-14(18)20-12)13-17-10-3-1-2-4-11(10)19-13/h1-6,8-9H. The van der Waals surface area contributed by atoms with Crippen molar-refractivity contribution in [3.8, 4) is 6.07 Å². The number of thiazole rings is 2. The SMILES string of the molecule is N#CC(c1cn2ccnc2s1)c1nc2ccccc2s1. The monoisotopic (exact) mass is 296 g/mol. The Bertz CT molecular complexity index is 879. The van der Waals surface area contributed by atoms with Crippen molar-refractivity contribution in [3.05, 3.63) is 52.7 Å². The predicted molar refractivity (Wildman–Crippen MR) is 80.1 cm³/mol. The van der Waals surface area contributed by atoms with E-state index in [4.69, 9.17) is 0 Å². The molecule has 4 nitrogen and oxygen atoms in total. The first-order chi connectivity index (χ1) is 9.85. The molecule has 0 amide bonds. The van der Waals surface area contributed by atoms with Crippen LogP contribution in [0.15, 0.2) is 42.9 Å². The summed E-state index contributed by atoms with van der Waals surface area (Å²) < 4.78 is 3.06. The number of nitriles is 1. The van der Waals surface area contributed by atoms with Crippen molar-refractivity contribution < 1.29 is 0 Å². The molecule has 20 heavy (non-hydrogen) atoms. The molecule has 0 aliphatic rings. The summed E-state index contributed by atoms with van der Waals surface area (Å²) in [5, 5.41) is 10.4. The summed E-state index contributed by atoms with van der Waals surface area (Å²) in [6.45, 7) is 0. The zero-order valence-electron chi connectivity index (χ0n) is 10.2. The molecule has 0 radical (unpaired) electrons. The highest BCUT2D eigenvalue weighted by atomic mass is 32.1. The summed E-state index contributed by atoms with van der Waals surface area (Å²) in [6, 6.07) is 10.3. The number of benzene rings is 1. The molecule has 96 valence electrons. The Morgan fingerprint density at radius 1 is 1.25 bits per heavy atom. The van der Waals surface area contributed by atoms with Crippen molar-refractivity contribution in [2.75, 3.05) is 0 Å². The van der Waals surface area contributed by atoms with Gasteiger partial charge in [-0.25, -0.2) is 9.97 Å². The van der Waals surface area contributed by atoms with E-state index >= 15 is 0 Å². The van der Waals surface area contributed by atoms with Gasteiger partial charge in [0.15, 0.2) is 4.96 Å². The molecule has 6 heteroatoms. The van der Waals surface area contributed by atoms with Gasteiger partial charge in [-0.15, -0.1) is 11.3 Å². The minimum absolute atomic E-state index is 0.320. The smallest absolute Gasteiger partial charge is 0.193 e. The highest BCUT2D eigenvalue weighted by Gasteiger charge is 2.20. The zero-order valence-corrected chi connectivity index (χ0v) is 11.9. The lowest BCUT2D eigenvalue weighted by molar-refractivity contribution is 1.03. The second-order valence-electron chi connectivity index (χ2n) is 4.33. The van der Waals surface area contributed by atoms with Gasteiger partial charge in [0.25, 0.3) is 0 Å². The summed E-state index contributed by atoms with van der Waals surface area (Å²) in [6.07, 6.45) is 5.61. The van der Waals surface area contributed by atoms with Crippen LogP contribution in [0.1, 0.15) is 15.8 Å². The first-order valence-corrected chi connectivity index (χ1v) is 7.66. The van der Waals surface area contributed by atoms with Crippen LogP contribution in [0.3, 0.4) is 0 Å². The molecule has 3 heterocycles. The molecule has 4 aromatic rings. The van der Waals surface area contributed by atoms with E-state index in [2.05, 4.69) is 16.0 Å². The number of para-hydroxylation sites is 1. The van der Waals surface area contributed by atoms with Crippen molar-refractivity contribution >= 4 is 37.9 Å². The van der Waals surface area contributed by atoms with E-state index in [1.165, 1.54) is 11.3 Å². The Hall–Kier alpha value is -2.23. The maximum absolute atomic E-state index is 9.51. The molecular formula is C14H8N4S2. The maximum atomic E-state index is 9.51. The first kappa shape index (κ1) is 11.6. The third kappa shape index (κ3) is 1.72. The summed E-state index contributed by atoms with van der Waals surface area (Å²) in [4.78, 5) is 10.7. The molecule has 0 aliphatic heterocycles. The molecule has 1 atom stereocenters. The quantitative estimate of drug-likeness (QED) is 0.567. The van der Waals surface area contributed by atoms with E-state index in [0.29, 0.717) is 0 Å². The van der Waals surface area contributed by atoms with Crippen LogP contribution < -0.4 is 0 Å². The fraction of sp³-hybridized carbons (Fsp3) is 0.0714. The van der Waals surface area contributed by atoms with Gasteiger partial charge >= 0.3 is 0 Å². The minimum Gasteiger partial charge on any atom is -0.297 e. The summed E-state index contributed by atoms with van der Waals surface area (Å²) >= 11 is 3.12. The average Bonchev–Trinajstić information content (AvgIpc) is 3.12. The average molecular weight is 296 g/mol. The van der Waals surface area contributed by atoms with Gasteiger partial charge in [-0.1, -0.05) is 23.5 Å². The summed E-state index contributed by atoms with van der Waals surface area (Å²) in [5.74, 6) is -0.320. The molecule has 0 saturated carbocycles. The number of rotatable bonds is 2. The summed E-state index contributed by atoms with van der Waals surface area (Å²) in [7, 11) is 0. The van der Waals surface area contributed by atoms with Crippen molar-refractivity contribution in [1.82, 2.24) is 14.4 Å². The van der Waals surface area contributed by atoms with Gasteiger partial charge < -0.3 is 0 Å². The molecule has 1 unspecified atom stereocenters. The van der Waals surface area contributed by atoms with Crippen LogP contribution in [0.5, 0.6) is 0 Å². The maximum Gasteiger partial charge on any atom is 0.193 e. The van der Waals surface area contributed by atoms with Crippen LogP contribution >= 0.6 is 22.7 Å². The van der Waals surface area contributed by atoms with Crippen molar-refractivity contribution in [1.29, 1.82) is 5.26 Å². The van der Waals surface area contributed by atoms with Crippen LogP contribution in [-0.2, 0) is 0 Å². The van der Waals surface area contributed by atoms with Gasteiger partial charge in [-0.3, -0.25) is 4.40 Å². The van der Waals surface area contributed by atoms with Gasteiger partial charge in [0.05, 0.1) is 16.3 Å². The number of fused-ring (bicyclic) bond motifs is 2. The van der Waals surface area contributed by atoms with E-state index in [0.717, 1.165) is 25.1 Å². The lowest BCUT2D eigenvalue weighted by atomic mass is 10.1. The van der Waals surface area contributed by atoms with Gasteiger partial charge in [-0.2, -0.15) is 5.26 Å². The fourth-order valence-electron chi connectivity index (χ4n) is 2.13. The van der Waals surface area contributed by atoms with E-state index in [-0.39, 0.29) is 5.92 Å². The Morgan fingerprint density at radius 2 is 2.15 bits per heavy atom. The normalized spacial score (nSPS) is 12.8. The molecule has 0 fully saturated rings. The molecule has 0 bridgehead atoms. The molecule has 4 rings (SSSR count). The second-order valence-corrected chi connectivity index (χ2v) is 6.44. The lowest BCUT2D eigenvalue weighted by Crippen LogP contribution is -1.94. The molecule has 0 saturated heterocycles. The number of imidazole rings is 1. The number of hydrogen-bond acceptors (Lipinski definition) is 5. The van der Waals surface area contributed by atoms with E-state index in [1.54, 1.807) is 17.5 Å². The highest BCUT2D eigenvalue weighted by molar-refractivity contribution is 7.19. The van der Waals surface area contributed by atoms with Crippen molar-refractivity contribution in [2.24, 2.45) is 0 Å². The molecule has 0 N–H and O–H groups in total. The number of aromatic nitrogens is 3. The second kappa shape index (κ2) is 4.40. The van der Waals surface area contributed by atoms with Gasteiger partial charge in [0, 0.05) is 23.5 Å². The van der Waals surface area contributed by atoms with Crippen molar-refractivity contribution in [3.63, 3.8) is 0 Å².